The number of nitrogens with one attached hydrogen (secondary N) is 1. The Morgan fingerprint density at radius 1 is 1.04 bits per heavy atom. The summed E-state index contributed by atoms with van der Waals surface area (Å²) in [5.74, 6) is 2.45. The fraction of sp³-hybridized carbons (Fsp3) is 0.0952. The van der Waals surface area contributed by atoms with Crippen LogP contribution in [0.4, 0.5) is 4.39 Å². The summed E-state index contributed by atoms with van der Waals surface area (Å²) in [7, 11) is 0. The quantitative estimate of drug-likeness (QED) is 0.708. The van der Waals surface area contributed by atoms with Crippen LogP contribution in [0.25, 0.3) is 11.1 Å². The summed E-state index contributed by atoms with van der Waals surface area (Å²) in [6.07, 6.45) is 9.22. The molecule has 0 saturated carbocycles. The first-order chi connectivity index (χ1) is 11.8. The molecule has 0 aliphatic heterocycles. The average Bonchev–Trinajstić information content (AvgIpc) is 2.64. The summed E-state index contributed by atoms with van der Waals surface area (Å²) in [4.78, 5) is 4.15. The first-order valence-electron chi connectivity index (χ1n) is 7.70. The largest absolute Gasteiger partial charge is 0.296 e. The third-order valence-electron chi connectivity index (χ3n) is 3.80. The molecule has 0 spiro atoms. The Morgan fingerprint density at radius 3 is 2.54 bits per heavy atom. The van der Waals surface area contributed by atoms with Gasteiger partial charge < -0.3 is 0 Å². The number of rotatable bonds is 5. The van der Waals surface area contributed by atoms with Crippen LogP contribution in [0.3, 0.4) is 0 Å². The topological polar surface area (TPSA) is 24.9 Å². The highest BCUT2D eigenvalue weighted by molar-refractivity contribution is 5.62. The summed E-state index contributed by atoms with van der Waals surface area (Å²) in [6, 6.07) is 18.2. The van der Waals surface area contributed by atoms with Crippen LogP contribution < -0.4 is 5.32 Å². The maximum absolute atomic E-state index is 13.0. The van der Waals surface area contributed by atoms with Gasteiger partial charge in [-0.15, -0.1) is 6.42 Å². The molecule has 3 heteroatoms. The van der Waals surface area contributed by atoms with Gasteiger partial charge in [0.15, 0.2) is 0 Å². The lowest BCUT2D eigenvalue weighted by molar-refractivity contribution is 0.616. The molecule has 0 saturated heterocycles. The maximum Gasteiger partial charge on any atom is 0.123 e. The Labute approximate surface area is 141 Å². The van der Waals surface area contributed by atoms with Crippen molar-refractivity contribution >= 4 is 0 Å². The number of hydrogen-bond acceptors (Lipinski definition) is 2. The number of benzene rings is 2. The highest BCUT2D eigenvalue weighted by Gasteiger charge is 2.08. The standard InChI is InChI=1S/C21H17FN2/c1-2-21(17-8-10-20(22)11-9-17)24-14-16-5-3-6-18(13-16)19-7-4-12-23-15-19/h1,3-13,15,21,24H,14H2/t21-/m1/s1. The summed E-state index contributed by atoms with van der Waals surface area (Å²) in [5, 5.41) is 3.33. The molecule has 2 nitrogen and oxygen atoms in total. The second-order valence-electron chi connectivity index (χ2n) is 5.47. The van der Waals surface area contributed by atoms with Crippen molar-refractivity contribution in [3.8, 4) is 23.5 Å². The molecule has 1 heterocycles. The zero-order valence-electron chi connectivity index (χ0n) is 13.1. The van der Waals surface area contributed by atoms with Gasteiger partial charge in [0, 0.05) is 18.9 Å². The fourth-order valence-corrected chi connectivity index (χ4v) is 2.54. The van der Waals surface area contributed by atoms with E-state index < -0.39 is 0 Å². The zero-order valence-corrected chi connectivity index (χ0v) is 13.1. The number of terminal acetylenes is 1. The van der Waals surface area contributed by atoms with Gasteiger partial charge in [0.1, 0.15) is 5.82 Å². The molecule has 0 aliphatic rings. The van der Waals surface area contributed by atoms with Crippen LogP contribution >= 0.6 is 0 Å². The van der Waals surface area contributed by atoms with Crippen LogP contribution in [-0.2, 0) is 6.54 Å². The molecule has 0 bridgehead atoms. The van der Waals surface area contributed by atoms with Gasteiger partial charge in [-0.2, -0.15) is 0 Å². The Kier molecular flexibility index (Phi) is 5.00. The summed E-state index contributed by atoms with van der Waals surface area (Å²) in [6.45, 7) is 0.625. The molecule has 3 aromatic rings. The van der Waals surface area contributed by atoms with Crippen LogP contribution in [0, 0.1) is 18.2 Å². The molecule has 24 heavy (non-hydrogen) atoms. The molecule has 3 rings (SSSR count). The summed E-state index contributed by atoms with van der Waals surface area (Å²) >= 11 is 0. The first-order valence-corrected chi connectivity index (χ1v) is 7.70. The Morgan fingerprint density at radius 2 is 1.83 bits per heavy atom. The van der Waals surface area contributed by atoms with Crippen LogP contribution in [0.5, 0.6) is 0 Å². The van der Waals surface area contributed by atoms with Gasteiger partial charge in [0.05, 0.1) is 6.04 Å². The van der Waals surface area contributed by atoms with Gasteiger partial charge in [0.25, 0.3) is 0 Å². The number of pyridine rings is 1. The van der Waals surface area contributed by atoms with E-state index >= 15 is 0 Å². The van der Waals surface area contributed by atoms with Crippen molar-refractivity contribution < 1.29 is 4.39 Å². The lowest BCUT2D eigenvalue weighted by atomic mass is 10.0. The number of aromatic nitrogens is 1. The van der Waals surface area contributed by atoms with Gasteiger partial charge in [0.2, 0.25) is 0 Å². The van der Waals surface area contributed by atoms with Gasteiger partial charge >= 0.3 is 0 Å². The van der Waals surface area contributed by atoms with Crippen molar-refractivity contribution in [1.29, 1.82) is 0 Å². The second kappa shape index (κ2) is 7.54. The molecule has 2 aromatic carbocycles. The molecule has 1 aromatic heterocycles. The van der Waals surface area contributed by atoms with Crippen LogP contribution in [0.15, 0.2) is 73.1 Å². The SMILES string of the molecule is C#C[C@@H](NCc1cccc(-c2cccnc2)c1)c1ccc(F)cc1. The van der Waals surface area contributed by atoms with Crippen LogP contribution in [0.2, 0.25) is 0 Å². The summed E-state index contributed by atoms with van der Waals surface area (Å²) < 4.78 is 13.0. The zero-order chi connectivity index (χ0) is 16.8. The Bertz CT molecular complexity index is 836. The van der Waals surface area contributed by atoms with Crippen molar-refractivity contribution in [2.75, 3.05) is 0 Å². The minimum absolute atomic E-state index is 0.257. The Balaban J connectivity index is 1.72. The van der Waals surface area contributed by atoms with Gasteiger partial charge in [-0.1, -0.05) is 42.3 Å². The fourth-order valence-electron chi connectivity index (χ4n) is 2.54. The average molecular weight is 316 g/mol. The van der Waals surface area contributed by atoms with Crippen molar-refractivity contribution in [1.82, 2.24) is 10.3 Å². The molecule has 0 aliphatic carbocycles. The number of hydrogen-bond donors (Lipinski definition) is 1. The third kappa shape index (κ3) is 3.87. The molecule has 118 valence electrons. The summed E-state index contributed by atoms with van der Waals surface area (Å²) in [5.41, 5.74) is 4.19. The predicted molar refractivity (Wildman–Crippen MR) is 94.5 cm³/mol. The lowest BCUT2D eigenvalue weighted by Crippen LogP contribution is -2.19. The number of halogens is 1. The van der Waals surface area contributed by atoms with E-state index in [-0.39, 0.29) is 11.9 Å². The van der Waals surface area contributed by atoms with Gasteiger partial charge in [-0.05, 0) is 46.5 Å². The highest BCUT2D eigenvalue weighted by atomic mass is 19.1. The van der Waals surface area contributed by atoms with Crippen LogP contribution in [-0.4, -0.2) is 4.98 Å². The van der Waals surface area contributed by atoms with E-state index in [1.165, 1.54) is 12.1 Å². The third-order valence-corrected chi connectivity index (χ3v) is 3.80. The molecule has 1 N–H and O–H groups in total. The normalized spacial score (nSPS) is 11.7. The molecular formula is C21H17FN2. The van der Waals surface area contributed by atoms with E-state index in [2.05, 4.69) is 28.4 Å². The van der Waals surface area contributed by atoms with E-state index in [0.29, 0.717) is 6.54 Å². The monoisotopic (exact) mass is 316 g/mol. The molecular weight excluding hydrogens is 299 g/mol. The maximum atomic E-state index is 13.0. The first kappa shape index (κ1) is 15.9. The van der Waals surface area contributed by atoms with E-state index in [1.54, 1.807) is 18.3 Å². The highest BCUT2D eigenvalue weighted by Crippen LogP contribution is 2.20. The smallest absolute Gasteiger partial charge is 0.123 e. The van der Waals surface area contributed by atoms with Crippen molar-refractivity contribution in [3.63, 3.8) is 0 Å². The molecule has 0 radical (unpaired) electrons. The van der Waals surface area contributed by atoms with Crippen LogP contribution in [0.1, 0.15) is 17.2 Å². The molecule has 1 atom stereocenters. The molecule has 0 amide bonds. The van der Waals surface area contributed by atoms with E-state index in [0.717, 1.165) is 22.3 Å². The van der Waals surface area contributed by atoms with Gasteiger partial charge in [-0.3, -0.25) is 10.3 Å². The number of nitrogens with zero attached hydrogens (tertiary/aromatic N) is 1. The van der Waals surface area contributed by atoms with E-state index in [9.17, 15) is 4.39 Å². The second-order valence-corrected chi connectivity index (χ2v) is 5.47. The van der Waals surface area contributed by atoms with Crippen molar-refractivity contribution in [3.05, 3.63) is 90.0 Å². The molecule has 0 fully saturated rings. The van der Waals surface area contributed by atoms with E-state index in [4.69, 9.17) is 6.42 Å². The Hall–Kier alpha value is -2.96. The van der Waals surface area contributed by atoms with E-state index in [1.807, 2.05) is 30.5 Å². The van der Waals surface area contributed by atoms with Crippen molar-refractivity contribution in [2.24, 2.45) is 0 Å². The molecule has 0 unspecified atom stereocenters. The minimum atomic E-state index is -0.265. The predicted octanol–water partition coefficient (Wildman–Crippen LogP) is 4.35. The van der Waals surface area contributed by atoms with Gasteiger partial charge in [-0.25, -0.2) is 4.39 Å². The van der Waals surface area contributed by atoms with Crippen molar-refractivity contribution in [2.45, 2.75) is 12.6 Å². The minimum Gasteiger partial charge on any atom is -0.296 e. The lowest BCUT2D eigenvalue weighted by Gasteiger charge is -2.14.